The van der Waals surface area contributed by atoms with Gasteiger partial charge in [0.25, 0.3) is 0 Å². The van der Waals surface area contributed by atoms with Crippen LogP contribution in [0.15, 0.2) is 40.9 Å². The van der Waals surface area contributed by atoms with Gasteiger partial charge in [0.2, 0.25) is 0 Å². The summed E-state index contributed by atoms with van der Waals surface area (Å²) in [5.41, 5.74) is 0.304. The fourth-order valence-electron chi connectivity index (χ4n) is 1.39. The van der Waals surface area contributed by atoms with Crippen LogP contribution < -0.4 is 4.74 Å². The van der Waals surface area contributed by atoms with Gasteiger partial charge in [-0.05, 0) is 40.2 Å². The number of benzene rings is 2. The van der Waals surface area contributed by atoms with E-state index in [1.54, 1.807) is 18.2 Å². The number of carbonyl (C=O) groups excluding carboxylic acids is 1. The van der Waals surface area contributed by atoms with Gasteiger partial charge in [0.1, 0.15) is 11.6 Å². The highest BCUT2D eigenvalue weighted by molar-refractivity contribution is 9.10. The Labute approximate surface area is 116 Å². The van der Waals surface area contributed by atoms with Crippen molar-refractivity contribution in [2.75, 3.05) is 0 Å². The Kier molecular flexibility index (Phi) is 3.99. The second-order valence-corrected chi connectivity index (χ2v) is 4.71. The largest absolute Gasteiger partial charge is 0.454 e. The van der Waals surface area contributed by atoms with Crippen molar-refractivity contribution >= 4 is 33.8 Å². The fourth-order valence-corrected chi connectivity index (χ4v) is 1.94. The van der Waals surface area contributed by atoms with E-state index in [4.69, 9.17) is 16.3 Å². The molecule has 0 atom stereocenters. The molecule has 0 heterocycles. The average Bonchev–Trinajstić information content (AvgIpc) is 2.36. The predicted molar refractivity (Wildman–Crippen MR) is 71.0 cm³/mol. The molecule has 18 heavy (non-hydrogen) atoms. The van der Waals surface area contributed by atoms with Crippen LogP contribution in [0.3, 0.4) is 0 Å². The second-order valence-electron chi connectivity index (χ2n) is 3.45. The third kappa shape index (κ3) is 2.71. The Balaban J connectivity index is 2.45. The molecule has 0 fully saturated rings. The minimum absolute atomic E-state index is 0.209. The van der Waals surface area contributed by atoms with Crippen LogP contribution in [0, 0.1) is 5.82 Å². The summed E-state index contributed by atoms with van der Waals surface area (Å²) >= 11 is 9.19. The first-order valence-electron chi connectivity index (χ1n) is 4.98. The van der Waals surface area contributed by atoms with Gasteiger partial charge in [0.05, 0.1) is 15.1 Å². The van der Waals surface area contributed by atoms with E-state index in [0.717, 1.165) is 0 Å². The molecular weight excluding hydrogens is 322 g/mol. The zero-order valence-corrected chi connectivity index (χ0v) is 11.3. The van der Waals surface area contributed by atoms with Gasteiger partial charge in [0, 0.05) is 6.07 Å². The number of aldehydes is 1. The van der Waals surface area contributed by atoms with Crippen LogP contribution in [0.25, 0.3) is 0 Å². The van der Waals surface area contributed by atoms with Gasteiger partial charge >= 0.3 is 0 Å². The van der Waals surface area contributed by atoms with Gasteiger partial charge < -0.3 is 4.74 Å². The molecule has 0 aliphatic heterocycles. The van der Waals surface area contributed by atoms with Crippen LogP contribution >= 0.6 is 27.5 Å². The Morgan fingerprint density at radius 3 is 2.78 bits per heavy atom. The molecule has 2 aromatic rings. The summed E-state index contributed by atoms with van der Waals surface area (Å²) in [6.07, 6.45) is 0.633. The topological polar surface area (TPSA) is 26.3 Å². The summed E-state index contributed by atoms with van der Waals surface area (Å²) in [7, 11) is 0. The van der Waals surface area contributed by atoms with Crippen molar-refractivity contribution in [2.24, 2.45) is 0 Å². The number of ether oxygens (including phenoxy) is 1. The highest BCUT2D eigenvalue weighted by atomic mass is 79.9. The van der Waals surface area contributed by atoms with Crippen molar-refractivity contribution in [3.05, 3.63) is 57.3 Å². The van der Waals surface area contributed by atoms with Gasteiger partial charge in [-0.1, -0.05) is 17.7 Å². The van der Waals surface area contributed by atoms with Crippen LogP contribution in [0.4, 0.5) is 4.39 Å². The molecule has 0 unspecified atom stereocenters. The highest BCUT2D eigenvalue weighted by Gasteiger charge is 2.11. The number of carbonyl (C=O) groups is 1. The highest BCUT2D eigenvalue weighted by Crippen LogP contribution is 2.35. The van der Waals surface area contributed by atoms with E-state index in [2.05, 4.69) is 15.9 Å². The van der Waals surface area contributed by atoms with Gasteiger partial charge in [-0.2, -0.15) is 0 Å². The molecule has 0 saturated carbocycles. The van der Waals surface area contributed by atoms with Crippen molar-refractivity contribution in [3.8, 4) is 11.5 Å². The first-order valence-corrected chi connectivity index (χ1v) is 6.15. The molecule has 0 aliphatic carbocycles. The van der Waals surface area contributed by atoms with Crippen LogP contribution in [-0.4, -0.2) is 6.29 Å². The van der Waals surface area contributed by atoms with E-state index in [1.165, 1.54) is 18.2 Å². The third-order valence-electron chi connectivity index (χ3n) is 2.23. The molecule has 0 aliphatic rings. The minimum atomic E-state index is -0.437. The molecule has 0 bridgehead atoms. The lowest BCUT2D eigenvalue weighted by Gasteiger charge is -2.11. The molecule has 0 N–H and O–H groups in total. The average molecular weight is 330 g/mol. The Morgan fingerprint density at radius 2 is 2.06 bits per heavy atom. The molecule has 0 aromatic heterocycles. The lowest BCUT2D eigenvalue weighted by atomic mass is 10.2. The molecule has 92 valence electrons. The summed E-state index contributed by atoms with van der Waals surface area (Å²) in [6, 6.07) is 8.83. The summed E-state index contributed by atoms with van der Waals surface area (Å²) in [5, 5.41) is 0.288. The van der Waals surface area contributed by atoms with Gasteiger partial charge in [-0.15, -0.1) is 0 Å². The summed E-state index contributed by atoms with van der Waals surface area (Å²) in [6.45, 7) is 0. The van der Waals surface area contributed by atoms with E-state index in [0.29, 0.717) is 16.3 Å². The molecule has 0 saturated heterocycles. The quantitative estimate of drug-likeness (QED) is 0.753. The maximum absolute atomic E-state index is 13.1. The van der Waals surface area contributed by atoms with Crippen LogP contribution in [0.5, 0.6) is 11.5 Å². The first kappa shape index (κ1) is 13.1. The number of hydrogen-bond acceptors (Lipinski definition) is 2. The lowest BCUT2D eigenvalue weighted by molar-refractivity contribution is 0.112. The zero-order valence-electron chi connectivity index (χ0n) is 8.99. The maximum Gasteiger partial charge on any atom is 0.156 e. The molecule has 0 amide bonds. The Bertz CT molecular complexity index is 602. The van der Waals surface area contributed by atoms with Gasteiger partial charge in [0.15, 0.2) is 12.0 Å². The first-order chi connectivity index (χ1) is 8.61. The van der Waals surface area contributed by atoms with Crippen molar-refractivity contribution in [2.45, 2.75) is 0 Å². The molecule has 2 aromatic carbocycles. The van der Waals surface area contributed by atoms with Crippen LogP contribution in [-0.2, 0) is 0 Å². The van der Waals surface area contributed by atoms with Crippen LogP contribution in [0.1, 0.15) is 10.4 Å². The van der Waals surface area contributed by atoms with Crippen molar-refractivity contribution in [1.29, 1.82) is 0 Å². The minimum Gasteiger partial charge on any atom is -0.454 e. The Hall–Kier alpha value is -1.39. The summed E-state index contributed by atoms with van der Waals surface area (Å²) < 4.78 is 19.2. The molecule has 0 radical (unpaired) electrons. The molecular formula is C13H7BrClFO2. The Morgan fingerprint density at radius 1 is 1.28 bits per heavy atom. The van der Waals surface area contributed by atoms with E-state index >= 15 is 0 Å². The summed E-state index contributed by atoms with van der Waals surface area (Å²) in [5.74, 6) is 0.0274. The third-order valence-corrected chi connectivity index (χ3v) is 3.18. The number of rotatable bonds is 3. The zero-order chi connectivity index (χ0) is 13.1. The second kappa shape index (κ2) is 5.50. The summed E-state index contributed by atoms with van der Waals surface area (Å²) in [4.78, 5) is 10.9. The normalized spacial score (nSPS) is 10.2. The number of halogens is 3. The fraction of sp³-hybridized carbons (Fsp3) is 0. The number of para-hydroxylation sites is 1. The van der Waals surface area contributed by atoms with Gasteiger partial charge in [-0.3, -0.25) is 4.79 Å². The number of hydrogen-bond donors (Lipinski definition) is 0. The standard InChI is InChI=1S/C13H7BrClFO2/c14-10-5-4-9(16)6-12(10)18-13-8(7-17)2-1-3-11(13)15/h1-7H. The smallest absolute Gasteiger partial charge is 0.156 e. The molecule has 5 heteroatoms. The maximum atomic E-state index is 13.1. The van der Waals surface area contributed by atoms with Crippen LogP contribution in [0.2, 0.25) is 5.02 Å². The molecule has 0 spiro atoms. The van der Waals surface area contributed by atoms with E-state index in [9.17, 15) is 9.18 Å². The molecule has 2 rings (SSSR count). The van der Waals surface area contributed by atoms with E-state index in [1.807, 2.05) is 0 Å². The van der Waals surface area contributed by atoms with Crippen molar-refractivity contribution in [1.82, 2.24) is 0 Å². The molecule has 2 nitrogen and oxygen atoms in total. The SMILES string of the molecule is O=Cc1cccc(Cl)c1Oc1cc(F)ccc1Br. The van der Waals surface area contributed by atoms with Gasteiger partial charge in [-0.25, -0.2) is 4.39 Å². The van der Waals surface area contributed by atoms with E-state index in [-0.39, 0.29) is 16.5 Å². The monoisotopic (exact) mass is 328 g/mol. The van der Waals surface area contributed by atoms with E-state index < -0.39 is 5.82 Å². The van der Waals surface area contributed by atoms with Crippen molar-refractivity contribution in [3.63, 3.8) is 0 Å². The van der Waals surface area contributed by atoms with Crippen molar-refractivity contribution < 1.29 is 13.9 Å². The lowest BCUT2D eigenvalue weighted by Crippen LogP contribution is -1.92. The predicted octanol–water partition coefficient (Wildman–Crippen LogP) is 4.85.